The number of phenolic OH excluding ortho intramolecular Hbond substituents is 1. The second-order valence-corrected chi connectivity index (χ2v) is 6.50. The Morgan fingerprint density at radius 2 is 0.931 bits per heavy atom. The van der Waals surface area contributed by atoms with Gasteiger partial charge in [-0.3, -0.25) is 4.89 Å². The first-order chi connectivity index (χ1) is 13.6. The van der Waals surface area contributed by atoms with Gasteiger partial charge in [-0.2, -0.15) is 8.78 Å². The number of phosphoric ester groups is 1. The first-order valence-corrected chi connectivity index (χ1v) is 9.14. The van der Waals surface area contributed by atoms with Crippen molar-refractivity contribution < 1.29 is 45.6 Å². The molecule has 29 heavy (non-hydrogen) atoms. The van der Waals surface area contributed by atoms with Gasteiger partial charge in [0, 0.05) is 0 Å². The van der Waals surface area contributed by atoms with Gasteiger partial charge in [-0.1, -0.05) is 36.4 Å². The highest BCUT2D eigenvalue weighted by atomic mass is 31.2. The molecule has 5 nitrogen and oxygen atoms in total. The third kappa shape index (κ3) is 5.94. The lowest BCUT2D eigenvalue weighted by Crippen LogP contribution is -2.00. The van der Waals surface area contributed by atoms with Crippen LogP contribution in [0.2, 0.25) is 0 Å². The van der Waals surface area contributed by atoms with Gasteiger partial charge >= 0.3 is 7.82 Å². The van der Waals surface area contributed by atoms with Crippen LogP contribution >= 0.6 is 7.82 Å². The second-order valence-electron chi connectivity index (χ2n) is 5.20. The molecule has 0 bridgehead atoms. The molecule has 0 saturated carbocycles. The fourth-order valence-corrected chi connectivity index (χ4v) is 2.65. The third-order valence-corrected chi connectivity index (χ3v) is 4.00. The van der Waals surface area contributed by atoms with E-state index in [2.05, 4.69) is 0 Å². The van der Waals surface area contributed by atoms with Crippen LogP contribution in [0.3, 0.4) is 0 Å². The zero-order valence-corrected chi connectivity index (χ0v) is 15.1. The molecular formula is C18H12F5O5P. The van der Waals surface area contributed by atoms with Gasteiger partial charge in [0.05, 0.1) is 0 Å². The number of phosphoric acid groups is 1. The van der Waals surface area contributed by atoms with E-state index in [9.17, 15) is 31.4 Å². The molecule has 3 rings (SSSR count). The minimum atomic E-state index is -4.14. The van der Waals surface area contributed by atoms with Crippen molar-refractivity contribution in [1.29, 1.82) is 0 Å². The van der Waals surface area contributed by atoms with Crippen LogP contribution in [0.15, 0.2) is 60.7 Å². The quantitative estimate of drug-likeness (QED) is 0.251. The number of aromatic hydroxyl groups is 1. The molecule has 0 amide bonds. The van der Waals surface area contributed by atoms with E-state index in [0.29, 0.717) is 0 Å². The van der Waals surface area contributed by atoms with Gasteiger partial charge in [0.2, 0.25) is 29.1 Å². The molecular weight excluding hydrogens is 422 g/mol. The Morgan fingerprint density at radius 3 is 1.28 bits per heavy atom. The predicted molar refractivity (Wildman–Crippen MR) is 91.9 cm³/mol. The summed E-state index contributed by atoms with van der Waals surface area (Å²) in [4.78, 5) is 9.53. The van der Waals surface area contributed by atoms with Gasteiger partial charge in [0.25, 0.3) is 0 Å². The number of para-hydroxylation sites is 2. The third-order valence-electron chi connectivity index (χ3n) is 3.11. The molecule has 0 spiro atoms. The molecule has 0 aliphatic heterocycles. The van der Waals surface area contributed by atoms with Crippen LogP contribution in [-0.2, 0) is 4.57 Å². The summed E-state index contributed by atoms with van der Waals surface area (Å²) in [5.74, 6) is -12.4. The lowest BCUT2D eigenvalue weighted by atomic mass is 10.3. The summed E-state index contributed by atoms with van der Waals surface area (Å²) in [7, 11) is -4.14. The molecule has 0 radical (unpaired) electrons. The van der Waals surface area contributed by atoms with Crippen molar-refractivity contribution in [1.82, 2.24) is 0 Å². The van der Waals surface area contributed by atoms with Crippen molar-refractivity contribution in [3.63, 3.8) is 0 Å². The molecule has 3 aromatic carbocycles. The van der Waals surface area contributed by atoms with Gasteiger partial charge < -0.3 is 14.2 Å². The average molecular weight is 434 g/mol. The molecule has 0 unspecified atom stereocenters. The zero-order chi connectivity index (χ0) is 21.6. The van der Waals surface area contributed by atoms with Crippen LogP contribution in [-0.4, -0.2) is 10.00 Å². The highest BCUT2D eigenvalue weighted by molar-refractivity contribution is 7.48. The molecule has 2 N–H and O–H groups in total. The highest BCUT2D eigenvalue weighted by Gasteiger charge is 2.25. The molecule has 11 heteroatoms. The lowest BCUT2D eigenvalue weighted by Gasteiger charge is -2.13. The van der Waals surface area contributed by atoms with E-state index in [1.807, 2.05) is 0 Å². The Labute approximate surface area is 161 Å². The summed E-state index contributed by atoms with van der Waals surface area (Å²) in [6, 6.07) is 16.7. The van der Waals surface area contributed by atoms with Crippen LogP contribution in [0.25, 0.3) is 0 Å². The summed E-state index contributed by atoms with van der Waals surface area (Å²) < 4.78 is 82.1. The van der Waals surface area contributed by atoms with E-state index < -0.39 is 42.7 Å². The molecule has 0 atom stereocenters. The van der Waals surface area contributed by atoms with Crippen molar-refractivity contribution in [2.75, 3.05) is 0 Å². The zero-order valence-electron chi connectivity index (χ0n) is 14.2. The van der Waals surface area contributed by atoms with Gasteiger partial charge in [-0.15, -0.1) is 0 Å². The molecule has 0 aliphatic carbocycles. The number of benzene rings is 3. The Morgan fingerprint density at radius 1 is 0.621 bits per heavy atom. The Bertz CT molecular complexity index is 868. The van der Waals surface area contributed by atoms with E-state index in [1.54, 1.807) is 60.7 Å². The van der Waals surface area contributed by atoms with E-state index in [0.717, 1.165) is 0 Å². The smallest absolute Gasteiger partial charge is 0.503 e. The Balaban J connectivity index is 0.000000221. The van der Waals surface area contributed by atoms with Crippen LogP contribution in [0, 0.1) is 29.1 Å². The standard InChI is InChI=1S/C12H11O4P.C6HF5O/c13-17(14,15-11-7-3-1-4-8-11)16-12-9-5-2-6-10-12;7-1-2(8)4(10)6(12)5(11)3(1)9/h1-10H,(H,13,14);12H. The lowest BCUT2D eigenvalue weighted by molar-refractivity contribution is 0.291. The topological polar surface area (TPSA) is 76.0 Å². The van der Waals surface area contributed by atoms with E-state index in [-0.39, 0.29) is 11.5 Å². The van der Waals surface area contributed by atoms with Crippen molar-refractivity contribution >= 4 is 7.82 Å². The fourth-order valence-electron chi connectivity index (χ4n) is 1.84. The monoisotopic (exact) mass is 434 g/mol. The van der Waals surface area contributed by atoms with E-state index in [4.69, 9.17) is 14.2 Å². The first kappa shape index (κ1) is 22.2. The summed E-state index contributed by atoms with van der Waals surface area (Å²) >= 11 is 0. The van der Waals surface area contributed by atoms with Crippen LogP contribution in [0.5, 0.6) is 17.2 Å². The van der Waals surface area contributed by atoms with E-state index >= 15 is 0 Å². The number of phenols is 1. The minimum absolute atomic E-state index is 0.286. The molecule has 0 aliphatic rings. The Hall–Kier alpha value is -3.10. The summed E-state index contributed by atoms with van der Waals surface area (Å²) in [5.41, 5.74) is 0. The maximum atomic E-state index is 12.2. The SMILES string of the molecule is O=P(O)(Oc1ccccc1)Oc1ccccc1.Oc1c(F)c(F)c(F)c(F)c1F. The van der Waals surface area contributed by atoms with Crippen LogP contribution < -0.4 is 9.05 Å². The van der Waals surface area contributed by atoms with Crippen molar-refractivity contribution in [2.45, 2.75) is 0 Å². The van der Waals surface area contributed by atoms with Crippen molar-refractivity contribution in [2.24, 2.45) is 0 Å². The molecule has 3 aromatic rings. The number of halogens is 5. The molecule has 0 heterocycles. The predicted octanol–water partition coefficient (Wildman–Crippen LogP) is 5.33. The van der Waals surface area contributed by atoms with Gasteiger partial charge in [0.1, 0.15) is 11.5 Å². The summed E-state index contributed by atoms with van der Waals surface area (Å²) in [6.45, 7) is 0. The molecule has 0 aromatic heterocycles. The average Bonchev–Trinajstić information content (AvgIpc) is 2.70. The van der Waals surface area contributed by atoms with Crippen LogP contribution in [0.4, 0.5) is 22.0 Å². The van der Waals surface area contributed by atoms with Gasteiger partial charge in [0.15, 0.2) is 5.75 Å². The first-order valence-electron chi connectivity index (χ1n) is 7.65. The van der Waals surface area contributed by atoms with Gasteiger partial charge in [-0.05, 0) is 24.3 Å². The Kier molecular flexibility index (Phi) is 7.19. The molecule has 154 valence electrons. The second kappa shape index (κ2) is 9.40. The number of hydrogen-bond donors (Lipinski definition) is 2. The highest BCUT2D eigenvalue weighted by Crippen LogP contribution is 2.44. The maximum Gasteiger partial charge on any atom is 0.584 e. The van der Waals surface area contributed by atoms with Crippen molar-refractivity contribution in [3.8, 4) is 17.2 Å². The normalized spacial score (nSPS) is 10.7. The van der Waals surface area contributed by atoms with E-state index in [1.165, 1.54) is 0 Å². The van der Waals surface area contributed by atoms with Crippen molar-refractivity contribution in [3.05, 3.63) is 89.7 Å². The number of hydrogen-bond acceptors (Lipinski definition) is 4. The summed E-state index contributed by atoms with van der Waals surface area (Å²) in [5, 5.41) is 8.30. The number of rotatable bonds is 4. The minimum Gasteiger partial charge on any atom is -0.503 e. The fraction of sp³-hybridized carbons (Fsp3) is 0. The largest absolute Gasteiger partial charge is 0.584 e. The maximum absolute atomic E-state index is 12.2. The summed E-state index contributed by atoms with van der Waals surface area (Å²) in [6.07, 6.45) is 0. The van der Waals surface area contributed by atoms with Gasteiger partial charge in [-0.25, -0.2) is 17.7 Å². The molecule has 0 saturated heterocycles. The molecule has 0 fully saturated rings. The van der Waals surface area contributed by atoms with Crippen LogP contribution in [0.1, 0.15) is 0 Å².